The Hall–Kier alpha value is -1.71. The molecule has 18 heavy (non-hydrogen) atoms. The van der Waals surface area contributed by atoms with E-state index in [4.69, 9.17) is 10.5 Å². The lowest BCUT2D eigenvalue weighted by atomic mass is 10.1. The lowest BCUT2D eigenvalue weighted by Crippen LogP contribution is -2.14. The minimum Gasteiger partial charge on any atom is -0.493 e. The monoisotopic (exact) mass is 250 g/mol. The molecule has 100 valence electrons. The van der Waals surface area contributed by atoms with E-state index in [1.54, 1.807) is 0 Å². The van der Waals surface area contributed by atoms with Gasteiger partial charge in [0.1, 0.15) is 5.75 Å². The lowest BCUT2D eigenvalue weighted by molar-refractivity contribution is -0.118. The quantitative estimate of drug-likeness (QED) is 0.744. The van der Waals surface area contributed by atoms with Crippen molar-refractivity contribution in [1.29, 1.82) is 0 Å². The van der Waals surface area contributed by atoms with Gasteiger partial charge in [0.15, 0.2) is 0 Å². The number of amides is 1. The van der Waals surface area contributed by atoms with Crippen LogP contribution in [0.5, 0.6) is 5.75 Å². The molecule has 0 heterocycles. The third-order valence-electron chi connectivity index (χ3n) is 2.52. The number of anilines is 1. The van der Waals surface area contributed by atoms with Gasteiger partial charge >= 0.3 is 0 Å². The second-order valence-electron chi connectivity index (χ2n) is 4.70. The van der Waals surface area contributed by atoms with E-state index in [0.29, 0.717) is 12.5 Å². The van der Waals surface area contributed by atoms with Crippen LogP contribution in [0.25, 0.3) is 0 Å². The first-order chi connectivity index (χ1) is 8.58. The Balaban J connectivity index is 2.31. The van der Waals surface area contributed by atoms with E-state index >= 15 is 0 Å². The summed E-state index contributed by atoms with van der Waals surface area (Å²) in [6.45, 7) is 5.71. The molecule has 4 nitrogen and oxygen atoms in total. The van der Waals surface area contributed by atoms with E-state index in [2.05, 4.69) is 19.2 Å². The summed E-state index contributed by atoms with van der Waals surface area (Å²) in [4.78, 5) is 10.5. The van der Waals surface area contributed by atoms with Crippen molar-refractivity contribution in [2.45, 2.75) is 26.7 Å². The minimum atomic E-state index is -0.345. The molecule has 0 fully saturated rings. The van der Waals surface area contributed by atoms with Gasteiger partial charge in [-0.15, -0.1) is 0 Å². The van der Waals surface area contributed by atoms with Crippen molar-refractivity contribution in [1.82, 2.24) is 0 Å². The highest BCUT2D eigenvalue weighted by molar-refractivity contribution is 5.73. The van der Waals surface area contributed by atoms with Gasteiger partial charge < -0.3 is 15.8 Å². The number of primary amides is 1. The average Bonchev–Trinajstić information content (AvgIpc) is 2.30. The van der Waals surface area contributed by atoms with Crippen molar-refractivity contribution in [3.05, 3.63) is 24.3 Å². The zero-order chi connectivity index (χ0) is 13.4. The summed E-state index contributed by atoms with van der Waals surface area (Å²) in [7, 11) is 0. The fourth-order valence-electron chi connectivity index (χ4n) is 1.44. The number of benzene rings is 1. The Morgan fingerprint density at radius 1 is 1.33 bits per heavy atom. The van der Waals surface area contributed by atoms with E-state index in [0.717, 1.165) is 24.4 Å². The number of ether oxygens (including phenoxy) is 1. The molecule has 3 N–H and O–H groups in total. The van der Waals surface area contributed by atoms with Crippen LogP contribution in [-0.2, 0) is 4.79 Å². The van der Waals surface area contributed by atoms with Crippen molar-refractivity contribution < 1.29 is 9.53 Å². The standard InChI is InChI=1S/C14H22N2O2/c1-11(2)7-9-16-12-3-5-13(6-4-12)18-10-8-14(15)17/h3-6,11,16H,7-10H2,1-2H3,(H2,15,17). The molecule has 0 radical (unpaired) electrons. The summed E-state index contributed by atoms with van der Waals surface area (Å²) in [6.07, 6.45) is 1.39. The fraction of sp³-hybridized carbons (Fsp3) is 0.500. The van der Waals surface area contributed by atoms with Crippen molar-refractivity contribution in [2.24, 2.45) is 11.7 Å². The molecular formula is C14H22N2O2. The van der Waals surface area contributed by atoms with Crippen molar-refractivity contribution in [3.8, 4) is 5.75 Å². The largest absolute Gasteiger partial charge is 0.493 e. The molecule has 0 bridgehead atoms. The van der Waals surface area contributed by atoms with Crippen molar-refractivity contribution >= 4 is 11.6 Å². The van der Waals surface area contributed by atoms with Crippen molar-refractivity contribution in [2.75, 3.05) is 18.5 Å². The maximum Gasteiger partial charge on any atom is 0.220 e. The first kappa shape index (κ1) is 14.4. The third-order valence-corrected chi connectivity index (χ3v) is 2.52. The number of nitrogens with one attached hydrogen (secondary N) is 1. The molecule has 0 aliphatic heterocycles. The molecule has 1 amide bonds. The molecule has 0 unspecified atom stereocenters. The van der Waals surface area contributed by atoms with E-state index in [9.17, 15) is 4.79 Å². The van der Waals surface area contributed by atoms with Gasteiger partial charge in [-0.2, -0.15) is 0 Å². The van der Waals surface area contributed by atoms with Gasteiger partial charge in [-0.3, -0.25) is 4.79 Å². The Bertz CT molecular complexity index is 361. The first-order valence-electron chi connectivity index (χ1n) is 6.33. The number of carbonyl (C=O) groups is 1. The number of rotatable bonds is 8. The van der Waals surface area contributed by atoms with Gasteiger partial charge in [0.2, 0.25) is 5.91 Å². The van der Waals surface area contributed by atoms with Gasteiger partial charge in [-0.05, 0) is 36.6 Å². The van der Waals surface area contributed by atoms with Crippen LogP contribution in [0.1, 0.15) is 26.7 Å². The summed E-state index contributed by atoms with van der Waals surface area (Å²) in [5.74, 6) is 1.11. The van der Waals surface area contributed by atoms with Crippen LogP contribution in [0.4, 0.5) is 5.69 Å². The van der Waals surface area contributed by atoms with Gasteiger partial charge in [0, 0.05) is 12.2 Å². The topological polar surface area (TPSA) is 64.3 Å². The molecule has 0 saturated heterocycles. The number of carbonyl (C=O) groups excluding carboxylic acids is 1. The molecule has 0 saturated carbocycles. The molecular weight excluding hydrogens is 228 g/mol. The summed E-state index contributed by atoms with van der Waals surface area (Å²) in [5, 5.41) is 3.35. The van der Waals surface area contributed by atoms with Crippen LogP contribution in [0, 0.1) is 5.92 Å². The molecule has 0 aromatic heterocycles. The van der Waals surface area contributed by atoms with Gasteiger partial charge in [0.05, 0.1) is 13.0 Å². The second-order valence-corrected chi connectivity index (χ2v) is 4.70. The maximum absolute atomic E-state index is 10.5. The average molecular weight is 250 g/mol. The van der Waals surface area contributed by atoms with Crippen LogP contribution >= 0.6 is 0 Å². The molecule has 0 atom stereocenters. The molecule has 1 aromatic rings. The van der Waals surface area contributed by atoms with E-state index < -0.39 is 0 Å². The first-order valence-corrected chi connectivity index (χ1v) is 6.33. The summed E-state index contributed by atoms with van der Waals surface area (Å²) in [5.41, 5.74) is 6.11. The van der Waals surface area contributed by atoms with Crippen LogP contribution in [0.2, 0.25) is 0 Å². The van der Waals surface area contributed by atoms with Crippen LogP contribution in [0.3, 0.4) is 0 Å². The number of hydrogen-bond acceptors (Lipinski definition) is 3. The smallest absolute Gasteiger partial charge is 0.220 e. The van der Waals surface area contributed by atoms with Crippen LogP contribution < -0.4 is 15.8 Å². The fourth-order valence-corrected chi connectivity index (χ4v) is 1.44. The Morgan fingerprint density at radius 2 is 2.00 bits per heavy atom. The lowest BCUT2D eigenvalue weighted by Gasteiger charge is -2.09. The Morgan fingerprint density at radius 3 is 2.56 bits per heavy atom. The Labute approximate surface area is 109 Å². The zero-order valence-electron chi connectivity index (χ0n) is 11.1. The molecule has 1 rings (SSSR count). The van der Waals surface area contributed by atoms with E-state index in [1.165, 1.54) is 0 Å². The normalized spacial score (nSPS) is 10.4. The van der Waals surface area contributed by atoms with Crippen molar-refractivity contribution in [3.63, 3.8) is 0 Å². The molecule has 4 heteroatoms. The maximum atomic E-state index is 10.5. The number of hydrogen-bond donors (Lipinski definition) is 2. The molecule has 0 spiro atoms. The van der Waals surface area contributed by atoms with Crippen LogP contribution in [0.15, 0.2) is 24.3 Å². The van der Waals surface area contributed by atoms with Gasteiger partial charge in [-0.25, -0.2) is 0 Å². The van der Waals surface area contributed by atoms with E-state index in [-0.39, 0.29) is 12.3 Å². The molecule has 1 aromatic carbocycles. The third kappa shape index (κ3) is 6.13. The van der Waals surface area contributed by atoms with Gasteiger partial charge in [-0.1, -0.05) is 13.8 Å². The highest BCUT2D eigenvalue weighted by Gasteiger charge is 1.98. The highest BCUT2D eigenvalue weighted by Crippen LogP contribution is 2.16. The predicted molar refractivity (Wildman–Crippen MR) is 73.7 cm³/mol. The highest BCUT2D eigenvalue weighted by atomic mass is 16.5. The number of nitrogens with two attached hydrogens (primary N) is 1. The molecule has 0 aliphatic carbocycles. The summed E-state index contributed by atoms with van der Waals surface area (Å²) < 4.78 is 5.39. The van der Waals surface area contributed by atoms with E-state index in [1.807, 2.05) is 24.3 Å². The van der Waals surface area contributed by atoms with Crippen LogP contribution in [-0.4, -0.2) is 19.1 Å². The summed E-state index contributed by atoms with van der Waals surface area (Å²) >= 11 is 0. The molecule has 0 aliphatic rings. The van der Waals surface area contributed by atoms with Gasteiger partial charge in [0.25, 0.3) is 0 Å². The second kappa shape index (κ2) is 7.58. The minimum absolute atomic E-state index is 0.244. The SMILES string of the molecule is CC(C)CCNc1ccc(OCCC(N)=O)cc1. The zero-order valence-corrected chi connectivity index (χ0v) is 11.1. The Kier molecular flexibility index (Phi) is 6.05. The predicted octanol–water partition coefficient (Wildman–Crippen LogP) is 2.40. The summed E-state index contributed by atoms with van der Waals surface area (Å²) in [6, 6.07) is 7.72.